The molecule has 2 N–H and O–H groups in total. The third kappa shape index (κ3) is 2.47. The van der Waals surface area contributed by atoms with E-state index in [0.29, 0.717) is 11.9 Å². The summed E-state index contributed by atoms with van der Waals surface area (Å²) in [6.07, 6.45) is 6.05. The van der Waals surface area contributed by atoms with Crippen LogP contribution in [-0.2, 0) is 0 Å². The smallest absolute Gasteiger partial charge is 0.146 e. The predicted molar refractivity (Wildman–Crippen MR) is 93.1 cm³/mol. The number of hydrogen-bond acceptors (Lipinski definition) is 4. The van der Waals surface area contributed by atoms with E-state index in [1.807, 2.05) is 18.2 Å². The van der Waals surface area contributed by atoms with Crippen LogP contribution in [-0.4, -0.2) is 39.6 Å². The molecule has 0 spiro atoms. The summed E-state index contributed by atoms with van der Waals surface area (Å²) in [4.78, 5) is 11.1. The molecule has 1 aromatic carbocycles. The molecule has 5 nitrogen and oxygen atoms in total. The Hall–Kier alpha value is -2.40. The van der Waals surface area contributed by atoms with Crippen LogP contribution >= 0.6 is 0 Å². The van der Waals surface area contributed by atoms with E-state index in [9.17, 15) is 0 Å². The number of nitrogen functional groups attached to an aromatic ring is 1. The lowest BCUT2D eigenvalue weighted by Crippen LogP contribution is -2.31. The zero-order valence-corrected chi connectivity index (χ0v) is 13.3. The quantitative estimate of drug-likeness (QED) is 0.791. The number of fused-ring (bicyclic) bond motifs is 1. The van der Waals surface area contributed by atoms with Gasteiger partial charge in [-0.3, -0.25) is 0 Å². The summed E-state index contributed by atoms with van der Waals surface area (Å²) in [5, 5.41) is 0.970. The average molecular weight is 307 g/mol. The van der Waals surface area contributed by atoms with Gasteiger partial charge in [-0.15, -0.1) is 0 Å². The summed E-state index contributed by atoms with van der Waals surface area (Å²) in [7, 11) is 2.18. The number of likely N-dealkylation sites (tertiary alicyclic amines) is 1. The van der Waals surface area contributed by atoms with Gasteiger partial charge in [-0.1, -0.05) is 30.3 Å². The lowest BCUT2D eigenvalue weighted by Gasteiger charge is -2.30. The van der Waals surface area contributed by atoms with E-state index in [2.05, 4.69) is 44.8 Å². The Balaban J connectivity index is 1.88. The van der Waals surface area contributed by atoms with Gasteiger partial charge >= 0.3 is 0 Å². The first-order valence-corrected chi connectivity index (χ1v) is 8.09. The zero-order valence-electron chi connectivity index (χ0n) is 13.3. The van der Waals surface area contributed by atoms with Crippen molar-refractivity contribution in [1.29, 1.82) is 0 Å². The van der Waals surface area contributed by atoms with Gasteiger partial charge in [0.1, 0.15) is 17.8 Å². The van der Waals surface area contributed by atoms with Crippen LogP contribution in [0.4, 0.5) is 5.82 Å². The molecule has 4 rings (SSSR count). The number of benzene rings is 1. The van der Waals surface area contributed by atoms with Crippen molar-refractivity contribution in [2.45, 2.75) is 18.9 Å². The first-order valence-electron chi connectivity index (χ1n) is 8.09. The maximum atomic E-state index is 6.19. The highest BCUT2D eigenvalue weighted by atomic mass is 15.1. The number of anilines is 1. The third-order valence-electron chi connectivity index (χ3n) is 4.80. The highest BCUT2D eigenvalue weighted by molar-refractivity contribution is 6.00. The van der Waals surface area contributed by atoms with Crippen LogP contribution in [0.15, 0.2) is 42.9 Å². The first kappa shape index (κ1) is 14.2. The maximum Gasteiger partial charge on any atom is 0.146 e. The van der Waals surface area contributed by atoms with Crippen LogP contribution < -0.4 is 5.73 Å². The molecule has 1 aliphatic heterocycles. The molecule has 3 heterocycles. The lowest BCUT2D eigenvalue weighted by molar-refractivity contribution is 0.224. The number of hydrogen-bond donors (Lipinski definition) is 1. The summed E-state index contributed by atoms with van der Waals surface area (Å²) in [5.41, 5.74) is 9.42. The summed E-state index contributed by atoms with van der Waals surface area (Å²) < 4.78 is 2.31. The number of rotatable bonds is 2. The van der Waals surface area contributed by atoms with Gasteiger partial charge in [0.15, 0.2) is 0 Å². The van der Waals surface area contributed by atoms with Crippen LogP contribution in [0.25, 0.3) is 22.2 Å². The molecular weight excluding hydrogens is 286 g/mol. The van der Waals surface area contributed by atoms with Crippen molar-refractivity contribution in [3.8, 4) is 11.1 Å². The van der Waals surface area contributed by atoms with Gasteiger partial charge in [0, 0.05) is 17.8 Å². The SMILES string of the molecule is CN1CCC(n2cc(-c3ccccc3)c3c(N)ncnc32)CC1. The van der Waals surface area contributed by atoms with Crippen molar-refractivity contribution >= 4 is 16.9 Å². The van der Waals surface area contributed by atoms with E-state index in [0.717, 1.165) is 48.1 Å². The molecule has 118 valence electrons. The second kappa shape index (κ2) is 5.66. The predicted octanol–water partition coefficient (Wildman–Crippen LogP) is 2.95. The Morgan fingerprint density at radius 3 is 2.57 bits per heavy atom. The van der Waals surface area contributed by atoms with E-state index in [4.69, 9.17) is 5.73 Å². The molecule has 2 aromatic heterocycles. The average Bonchev–Trinajstić information content (AvgIpc) is 2.97. The molecule has 1 fully saturated rings. The molecule has 0 atom stereocenters. The zero-order chi connectivity index (χ0) is 15.8. The molecule has 0 radical (unpaired) electrons. The van der Waals surface area contributed by atoms with Gasteiger partial charge in [-0.05, 0) is 38.5 Å². The third-order valence-corrected chi connectivity index (χ3v) is 4.80. The van der Waals surface area contributed by atoms with E-state index in [1.54, 1.807) is 6.33 Å². The van der Waals surface area contributed by atoms with E-state index in [1.165, 1.54) is 0 Å². The highest BCUT2D eigenvalue weighted by Crippen LogP contribution is 2.36. The molecule has 1 saturated heterocycles. The van der Waals surface area contributed by atoms with Crippen LogP contribution in [0.3, 0.4) is 0 Å². The minimum absolute atomic E-state index is 0.473. The Kier molecular flexibility index (Phi) is 3.50. The second-order valence-corrected chi connectivity index (χ2v) is 6.31. The Bertz CT molecular complexity index is 816. The fourth-order valence-electron chi connectivity index (χ4n) is 3.50. The van der Waals surface area contributed by atoms with Gasteiger partial charge in [0.25, 0.3) is 0 Å². The molecule has 5 heteroatoms. The fraction of sp³-hybridized carbons (Fsp3) is 0.333. The van der Waals surface area contributed by atoms with Crippen LogP contribution in [0.5, 0.6) is 0 Å². The highest BCUT2D eigenvalue weighted by Gasteiger charge is 2.23. The van der Waals surface area contributed by atoms with E-state index in [-0.39, 0.29) is 0 Å². The molecule has 0 saturated carbocycles. The number of nitrogens with two attached hydrogens (primary N) is 1. The van der Waals surface area contributed by atoms with Crippen molar-refractivity contribution in [3.05, 3.63) is 42.9 Å². The fourth-order valence-corrected chi connectivity index (χ4v) is 3.50. The molecule has 3 aromatic rings. The second-order valence-electron chi connectivity index (χ2n) is 6.31. The van der Waals surface area contributed by atoms with Crippen molar-refractivity contribution in [2.75, 3.05) is 25.9 Å². The minimum atomic E-state index is 0.473. The number of piperidine rings is 1. The van der Waals surface area contributed by atoms with Gasteiger partial charge < -0.3 is 15.2 Å². The van der Waals surface area contributed by atoms with Crippen LogP contribution in [0.2, 0.25) is 0 Å². The standard InChI is InChI=1S/C18H21N5/c1-22-9-7-14(8-10-22)23-11-15(13-5-3-2-4-6-13)16-17(19)20-12-21-18(16)23/h2-6,11-12,14H,7-10H2,1H3,(H2,19,20,21). The van der Waals surface area contributed by atoms with Gasteiger partial charge in [0.2, 0.25) is 0 Å². The Labute approximate surface area is 135 Å². The summed E-state index contributed by atoms with van der Waals surface area (Å²) >= 11 is 0. The topological polar surface area (TPSA) is 60.0 Å². The largest absolute Gasteiger partial charge is 0.383 e. The normalized spacial score (nSPS) is 16.9. The molecule has 23 heavy (non-hydrogen) atoms. The van der Waals surface area contributed by atoms with Crippen molar-refractivity contribution < 1.29 is 0 Å². The number of nitrogens with zero attached hydrogens (tertiary/aromatic N) is 4. The van der Waals surface area contributed by atoms with Crippen molar-refractivity contribution in [3.63, 3.8) is 0 Å². The van der Waals surface area contributed by atoms with Gasteiger partial charge in [-0.25, -0.2) is 9.97 Å². The molecule has 0 amide bonds. The molecular formula is C18H21N5. The Morgan fingerprint density at radius 2 is 1.83 bits per heavy atom. The first-order chi connectivity index (χ1) is 11.2. The van der Waals surface area contributed by atoms with Gasteiger partial charge in [0.05, 0.1) is 5.39 Å². The molecule has 0 unspecified atom stereocenters. The summed E-state index contributed by atoms with van der Waals surface area (Å²) in [5.74, 6) is 0.556. The van der Waals surface area contributed by atoms with Crippen molar-refractivity contribution in [2.24, 2.45) is 0 Å². The van der Waals surface area contributed by atoms with Crippen molar-refractivity contribution in [1.82, 2.24) is 19.4 Å². The summed E-state index contributed by atoms with van der Waals surface area (Å²) in [6.45, 7) is 2.23. The van der Waals surface area contributed by atoms with Gasteiger partial charge in [-0.2, -0.15) is 0 Å². The summed E-state index contributed by atoms with van der Waals surface area (Å²) in [6, 6.07) is 10.8. The van der Waals surface area contributed by atoms with Crippen LogP contribution in [0.1, 0.15) is 18.9 Å². The lowest BCUT2D eigenvalue weighted by atomic mass is 10.1. The number of aromatic nitrogens is 3. The maximum absolute atomic E-state index is 6.19. The van der Waals surface area contributed by atoms with E-state index < -0.39 is 0 Å². The minimum Gasteiger partial charge on any atom is -0.383 e. The molecule has 1 aliphatic rings. The van der Waals surface area contributed by atoms with E-state index >= 15 is 0 Å². The monoisotopic (exact) mass is 307 g/mol. The molecule has 0 bridgehead atoms. The molecule has 0 aliphatic carbocycles. The Morgan fingerprint density at radius 1 is 1.09 bits per heavy atom. The van der Waals surface area contributed by atoms with Crippen LogP contribution in [0, 0.1) is 0 Å².